The molecular weight excluding hydrogens is 596 g/mol. The summed E-state index contributed by atoms with van der Waals surface area (Å²) in [5.74, 6) is 0.205. The van der Waals surface area contributed by atoms with Gasteiger partial charge < -0.3 is 29.6 Å². The van der Waals surface area contributed by atoms with Crippen LogP contribution in [0.2, 0.25) is 0 Å². The Morgan fingerprint density at radius 3 is 2.19 bits per heavy atom. The summed E-state index contributed by atoms with van der Waals surface area (Å²) >= 11 is 0. The highest BCUT2D eigenvalue weighted by Crippen LogP contribution is 2.59. The van der Waals surface area contributed by atoms with Gasteiger partial charge in [-0.2, -0.15) is 0 Å². The van der Waals surface area contributed by atoms with E-state index in [1.165, 1.54) is 45.6 Å². The molecule has 3 aliphatic rings. The van der Waals surface area contributed by atoms with Crippen molar-refractivity contribution in [1.29, 1.82) is 0 Å². The van der Waals surface area contributed by atoms with Gasteiger partial charge in [-0.25, -0.2) is 0 Å². The molecule has 2 aromatic heterocycles. The van der Waals surface area contributed by atoms with Crippen LogP contribution >= 0.6 is 0 Å². The average Bonchev–Trinajstić information content (AvgIpc) is 3.77. The lowest BCUT2D eigenvalue weighted by molar-refractivity contribution is 0.319. The van der Waals surface area contributed by atoms with E-state index in [0.29, 0.717) is 24.9 Å². The number of hydrogen-bond donors (Lipinski definition) is 4. The molecule has 3 aliphatic carbocycles. The molecule has 9 rings (SSSR count). The number of para-hydroxylation sites is 1. The molecule has 0 unspecified atom stereocenters. The molecule has 6 heteroatoms. The van der Waals surface area contributed by atoms with E-state index in [4.69, 9.17) is 0 Å². The van der Waals surface area contributed by atoms with Crippen LogP contribution in [0.25, 0.3) is 33.8 Å². The Morgan fingerprint density at radius 2 is 1.42 bits per heavy atom. The Kier molecular flexibility index (Phi) is 6.25. The van der Waals surface area contributed by atoms with E-state index in [0.717, 1.165) is 40.6 Å². The fourth-order valence-electron chi connectivity index (χ4n) is 8.38. The smallest absolute Gasteiger partial charge is 0.154 e. The van der Waals surface area contributed by atoms with Crippen LogP contribution in [0.15, 0.2) is 127 Å². The number of phenols is 2. The average molecular weight is 631 g/mol. The van der Waals surface area contributed by atoms with Gasteiger partial charge in [0.25, 0.3) is 0 Å². The van der Waals surface area contributed by atoms with E-state index in [9.17, 15) is 20.4 Å². The van der Waals surface area contributed by atoms with Crippen LogP contribution in [0.5, 0.6) is 11.5 Å². The predicted molar refractivity (Wildman–Crippen MR) is 189 cm³/mol. The summed E-state index contributed by atoms with van der Waals surface area (Å²) in [6, 6.07) is 30.5. The normalized spacial score (nSPS) is 16.1. The second-order valence-corrected chi connectivity index (χ2v) is 13.0. The molecule has 0 bridgehead atoms. The fourth-order valence-corrected chi connectivity index (χ4v) is 8.38. The van der Waals surface area contributed by atoms with Crippen LogP contribution in [0, 0.1) is 0 Å². The Balaban J connectivity index is 1.39. The molecule has 0 spiro atoms. The molecule has 0 radical (unpaired) electrons. The highest BCUT2D eigenvalue weighted by atomic mass is 16.3. The highest BCUT2D eigenvalue weighted by Gasteiger charge is 2.49. The maximum atomic E-state index is 10.8. The first-order chi connectivity index (χ1) is 23.4. The molecule has 0 saturated carbocycles. The van der Waals surface area contributed by atoms with E-state index < -0.39 is 5.41 Å². The fraction of sp³-hybridized carbons (Fsp3) is 0.143. The van der Waals surface area contributed by atoms with Gasteiger partial charge in [-0.15, -0.1) is 0 Å². The van der Waals surface area contributed by atoms with E-state index in [1.54, 1.807) is 12.1 Å². The molecule has 0 saturated heterocycles. The van der Waals surface area contributed by atoms with E-state index in [2.05, 4.69) is 100 Å². The van der Waals surface area contributed by atoms with Gasteiger partial charge in [-0.3, -0.25) is 0 Å². The van der Waals surface area contributed by atoms with Gasteiger partial charge in [0, 0.05) is 58.3 Å². The number of aliphatic hydroxyl groups excluding tert-OH is 2. The van der Waals surface area contributed by atoms with Crippen LogP contribution in [0.1, 0.15) is 58.3 Å². The second-order valence-electron chi connectivity index (χ2n) is 13.0. The Morgan fingerprint density at radius 1 is 0.688 bits per heavy atom. The maximum absolute atomic E-state index is 10.8. The Labute approximate surface area is 278 Å². The lowest BCUT2D eigenvalue weighted by atomic mass is 9.67. The molecule has 236 valence electrons. The summed E-state index contributed by atoms with van der Waals surface area (Å²) in [6.45, 7) is 0.376. The maximum Gasteiger partial charge on any atom is 0.154 e. The Bertz CT molecular complexity index is 2340. The molecule has 2 heterocycles. The monoisotopic (exact) mass is 630 g/mol. The quantitative estimate of drug-likeness (QED) is 0.143. The number of rotatable bonds is 5. The first kappa shape index (κ1) is 28.4. The molecule has 0 fully saturated rings. The number of hydrogen-bond acceptors (Lipinski definition) is 4. The van der Waals surface area contributed by atoms with Crippen molar-refractivity contribution in [2.75, 3.05) is 0 Å². The van der Waals surface area contributed by atoms with Crippen LogP contribution < -0.4 is 0 Å². The zero-order chi connectivity index (χ0) is 32.6. The largest absolute Gasteiger partial charge is 0.508 e. The molecule has 6 nitrogen and oxygen atoms in total. The van der Waals surface area contributed by atoms with Gasteiger partial charge in [0.1, 0.15) is 17.3 Å². The molecule has 4 aromatic carbocycles. The van der Waals surface area contributed by atoms with Crippen molar-refractivity contribution < 1.29 is 20.4 Å². The standard InChI is InChI=1S/C42H34N2O4/c45-28-18-20-39(46)26(21-28)23-43-24-35(31-11-3-7-15-37(31)43)42(33-13-5-1-9-29(33)30-10-2-6-14-34(30)42)36-25-44(38-16-8-4-12-32(36)38)27-17-19-40(47)41(48)22-27/h1-7,9-15,18,20-22,24-25,45-48H,8,16-17,19,23H2. The van der Waals surface area contributed by atoms with Gasteiger partial charge >= 0.3 is 0 Å². The van der Waals surface area contributed by atoms with Crippen molar-refractivity contribution in [2.45, 2.75) is 37.6 Å². The third kappa shape index (κ3) is 3.99. The van der Waals surface area contributed by atoms with E-state index in [-0.39, 0.29) is 23.0 Å². The number of aromatic nitrogens is 2. The Hall–Kier alpha value is -5.88. The molecule has 6 aromatic rings. The summed E-state index contributed by atoms with van der Waals surface area (Å²) in [5, 5.41) is 43.0. The number of fused-ring (bicyclic) bond motifs is 5. The highest BCUT2D eigenvalue weighted by molar-refractivity contribution is 5.95. The number of allylic oxidation sites excluding steroid dienone is 4. The predicted octanol–water partition coefficient (Wildman–Crippen LogP) is 9.19. The van der Waals surface area contributed by atoms with Crippen molar-refractivity contribution >= 4 is 22.7 Å². The summed E-state index contributed by atoms with van der Waals surface area (Å²) in [6.07, 6.45) is 13.5. The topological polar surface area (TPSA) is 90.8 Å². The van der Waals surface area contributed by atoms with Crippen LogP contribution in [-0.2, 0) is 18.4 Å². The lowest BCUT2D eigenvalue weighted by Gasteiger charge is -2.33. The van der Waals surface area contributed by atoms with Crippen molar-refractivity contribution in [3.8, 4) is 22.6 Å². The van der Waals surface area contributed by atoms with Crippen molar-refractivity contribution in [2.24, 2.45) is 0 Å². The first-order valence-corrected chi connectivity index (χ1v) is 16.5. The number of benzene rings is 4. The minimum atomic E-state index is -0.703. The van der Waals surface area contributed by atoms with E-state index >= 15 is 0 Å². The van der Waals surface area contributed by atoms with Crippen molar-refractivity contribution in [3.05, 3.63) is 166 Å². The summed E-state index contributed by atoms with van der Waals surface area (Å²) < 4.78 is 4.44. The van der Waals surface area contributed by atoms with Crippen molar-refractivity contribution in [1.82, 2.24) is 9.13 Å². The number of aliphatic hydroxyl groups is 2. The van der Waals surface area contributed by atoms with Gasteiger partial charge in [-0.05, 0) is 76.9 Å². The van der Waals surface area contributed by atoms with Crippen LogP contribution in [0.3, 0.4) is 0 Å². The minimum absolute atomic E-state index is 0.0283. The lowest BCUT2D eigenvalue weighted by Crippen LogP contribution is -2.29. The zero-order valence-electron chi connectivity index (χ0n) is 26.3. The molecule has 48 heavy (non-hydrogen) atoms. The van der Waals surface area contributed by atoms with Gasteiger partial charge in [0.2, 0.25) is 0 Å². The zero-order valence-corrected chi connectivity index (χ0v) is 26.3. The van der Waals surface area contributed by atoms with Gasteiger partial charge in [-0.1, -0.05) is 78.9 Å². The van der Waals surface area contributed by atoms with Crippen molar-refractivity contribution in [3.63, 3.8) is 0 Å². The van der Waals surface area contributed by atoms with Gasteiger partial charge in [0.05, 0.1) is 12.0 Å². The molecular formula is C42H34N2O4. The summed E-state index contributed by atoms with van der Waals surface area (Å²) in [5.41, 5.74) is 11.4. The van der Waals surface area contributed by atoms with Crippen LogP contribution in [0.4, 0.5) is 0 Å². The van der Waals surface area contributed by atoms with E-state index in [1.807, 2.05) is 6.07 Å². The van der Waals surface area contributed by atoms with Gasteiger partial charge in [0.15, 0.2) is 5.76 Å². The van der Waals surface area contributed by atoms with Crippen LogP contribution in [-0.4, -0.2) is 29.6 Å². The first-order valence-electron chi connectivity index (χ1n) is 16.5. The molecule has 4 N–H and O–H groups in total. The molecule has 0 aliphatic heterocycles. The third-order valence-electron chi connectivity index (χ3n) is 10.5. The SMILES string of the molecule is OC1=C(O)CCC(n2cc(C3(c4cn(Cc5cc(O)ccc5O)c5ccccc45)c4ccccc4-c4ccccc43)c3c2CCC=C3)=C1. The second kappa shape index (κ2) is 10.6. The summed E-state index contributed by atoms with van der Waals surface area (Å²) in [7, 11) is 0. The minimum Gasteiger partial charge on any atom is -0.508 e. The summed E-state index contributed by atoms with van der Waals surface area (Å²) in [4.78, 5) is 0. The number of aromatic hydroxyl groups is 2. The number of nitrogens with zero attached hydrogens (tertiary/aromatic N) is 2. The number of phenolic OH excluding ortho intramolecular Hbond substituents is 2. The molecule has 0 atom stereocenters. The third-order valence-corrected chi connectivity index (χ3v) is 10.5. The molecule has 0 amide bonds.